The van der Waals surface area contributed by atoms with Crippen LogP contribution in [0.2, 0.25) is 0 Å². The molecular formula is C15H19N5. The maximum atomic E-state index is 4.83. The summed E-state index contributed by atoms with van der Waals surface area (Å²) in [5.41, 5.74) is 4.67. The zero-order valence-electron chi connectivity index (χ0n) is 11.8. The molecule has 0 aromatic carbocycles. The van der Waals surface area contributed by atoms with E-state index in [4.69, 9.17) is 4.98 Å². The predicted octanol–water partition coefficient (Wildman–Crippen LogP) is 2.20. The molecule has 2 aromatic rings. The first-order valence-electron chi connectivity index (χ1n) is 7.45. The molecule has 0 amide bonds. The van der Waals surface area contributed by atoms with E-state index in [2.05, 4.69) is 27.0 Å². The normalized spacial score (nSPS) is 18.8. The Kier molecular flexibility index (Phi) is 2.72. The maximum Gasteiger partial charge on any atom is 0.225 e. The summed E-state index contributed by atoms with van der Waals surface area (Å²) in [6, 6.07) is 0. The summed E-state index contributed by atoms with van der Waals surface area (Å²) in [7, 11) is 0. The number of aryl methyl sites for hydroxylation is 2. The van der Waals surface area contributed by atoms with Crippen molar-refractivity contribution in [2.24, 2.45) is 5.92 Å². The van der Waals surface area contributed by atoms with E-state index in [1.807, 2.05) is 12.4 Å². The number of hydrogen-bond donors (Lipinski definition) is 1. The van der Waals surface area contributed by atoms with Crippen LogP contribution >= 0.6 is 0 Å². The highest BCUT2D eigenvalue weighted by molar-refractivity contribution is 5.68. The van der Waals surface area contributed by atoms with Gasteiger partial charge in [0.25, 0.3) is 0 Å². The molecule has 1 saturated heterocycles. The van der Waals surface area contributed by atoms with Crippen LogP contribution in [0.4, 0.5) is 5.95 Å². The Bertz CT molecular complexity index is 625. The van der Waals surface area contributed by atoms with Crippen LogP contribution in [0.25, 0.3) is 11.3 Å². The highest BCUT2D eigenvalue weighted by Crippen LogP contribution is 2.31. The number of aromatic amines is 1. The van der Waals surface area contributed by atoms with Gasteiger partial charge in [-0.05, 0) is 37.2 Å². The number of fused-ring (bicyclic) bond motifs is 3. The van der Waals surface area contributed by atoms with Crippen LogP contribution in [-0.4, -0.2) is 33.3 Å². The van der Waals surface area contributed by atoms with Gasteiger partial charge in [-0.25, -0.2) is 9.97 Å². The lowest BCUT2D eigenvalue weighted by Gasteiger charge is -2.30. The molecule has 4 rings (SSSR count). The maximum absolute atomic E-state index is 4.83. The molecule has 0 radical (unpaired) electrons. The summed E-state index contributed by atoms with van der Waals surface area (Å²) < 4.78 is 0. The zero-order chi connectivity index (χ0) is 13.5. The van der Waals surface area contributed by atoms with Gasteiger partial charge >= 0.3 is 0 Å². The fraction of sp³-hybridized carbons (Fsp3) is 0.533. The Morgan fingerprint density at radius 1 is 1.20 bits per heavy atom. The Morgan fingerprint density at radius 3 is 2.90 bits per heavy atom. The molecule has 0 spiro atoms. The van der Waals surface area contributed by atoms with E-state index in [1.54, 1.807) is 0 Å². The number of aromatic nitrogens is 4. The van der Waals surface area contributed by atoms with E-state index in [0.29, 0.717) is 0 Å². The van der Waals surface area contributed by atoms with Gasteiger partial charge in [-0.3, -0.25) is 5.10 Å². The SMILES string of the molecule is CC1CCN(c2ncc3c(n2)-c2cn[nH]c2CC3)CC1. The van der Waals surface area contributed by atoms with Crippen LogP contribution < -0.4 is 4.90 Å². The first-order valence-corrected chi connectivity index (χ1v) is 7.45. The van der Waals surface area contributed by atoms with Crippen LogP contribution in [-0.2, 0) is 12.8 Å². The molecule has 0 bridgehead atoms. The molecule has 3 heterocycles. The lowest BCUT2D eigenvalue weighted by Crippen LogP contribution is -2.34. The average molecular weight is 269 g/mol. The molecule has 0 atom stereocenters. The van der Waals surface area contributed by atoms with Gasteiger partial charge in [0.05, 0.1) is 11.9 Å². The zero-order valence-corrected chi connectivity index (χ0v) is 11.8. The third-order valence-corrected chi connectivity index (χ3v) is 4.54. The van der Waals surface area contributed by atoms with Crippen molar-refractivity contribution in [3.63, 3.8) is 0 Å². The Labute approximate surface area is 118 Å². The number of H-pyrrole nitrogens is 1. The second-order valence-electron chi connectivity index (χ2n) is 5.98. The quantitative estimate of drug-likeness (QED) is 0.862. The standard InChI is InChI=1S/C15H19N5/c1-10-4-6-20(7-5-10)15-16-8-11-2-3-13-12(9-17-19-13)14(11)18-15/h8-10H,2-7H2,1H3,(H,17,19). The second-order valence-corrected chi connectivity index (χ2v) is 5.98. The molecule has 1 N–H and O–H groups in total. The minimum absolute atomic E-state index is 0.823. The van der Waals surface area contributed by atoms with Crippen molar-refractivity contribution in [2.75, 3.05) is 18.0 Å². The minimum Gasteiger partial charge on any atom is -0.341 e. The van der Waals surface area contributed by atoms with Gasteiger partial charge in [-0.2, -0.15) is 5.10 Å². The fourth-order valence-corrected chi connectivity index (χ4v) is 3.14. The lowest BCUT2D eigenvalue weighted by atomic mass is 9.95. The molecule has 1 aliphatic heterocycles. The van der Waals surface area contributed by atoms with Gasteiger partial charge in [-0.15, -0.1) is 0 Å². The second kappa shape index (κ2) is 4.58. The number of nitrogens with zero attached hydrogens (tertiary/aromatic N) is 4. The largest absolute Gasteiger partial charge is 0.341 e. The fourth-order valence-electron chi connectivity index (χ4n) is 3.14. The van der Waals surface area contributed by atoms with Crippen molar-refractivity contribution >= 4 is 5.95 Å². The van der Waals surface area contributed by atoms with E-state index in [9.17, 15) is 0 Å². The molecule has 0 unspecified atom stereocenters. The highest BCUT2D eigenvalue weighted by atomic mass is 15.3. The van der Waals surface area contributed by atoms with Crippen LogP contribution in [0.1, 0.15) is 31.0 Å². The van der Waals surface area contributed by atoms with Gasteiger partial charge < -0.3 is 4.90 Å². The monoisotopic (exact) mass is 269 g/mol. The Morgan fingerprint density at radius 2 is 2.05 bits per heavy atom. The smallest absolute Gasteiger partial charge is 0.225 e. The van der Waals surface area contributed by atoms with E-state index in [1.165, 1.54) is 24.1 Å². The minimum atomic E-state index is 0.823. The molecule has 2 aromatic heterocycles. The third-order valence-electron chi connectivity index (χ3n) is 4.54. The summed E-state index contributed by atoms with van der Waals surface area (Å²) in [6.07, 6.45) is 8.37. The summed E-state index contributed by atoms with van der Waals surface area (Å²) in [6.45, 7) is 4.46. The number of hydrogen-bond acceptors (Lipinski definition) is 4. The van der Waals surface area contributed by atoms with Crippen LogP contribution in [0, 0.1) is 5.92 Å². The number of anilines is 1. The van der Waals surface area contributed by atoms with Gasteiger partial charge in [0, 0.05) is 30.5 Å². The predicted molar refractivity (Wildman–Crippen MR) is 77.6 cm³/mol. The highest BCUT2D eigenvalue weighted by Gasteiger charge is 2.23. The number of piperidine rings is 1. The molecular weight excluding hydrogens is 250 g/mol. The van der Waals surface area contributed by atoms with Crippen molar-refractivity contribution in [1.82, 2.24) is 20.2 Å². The van der Waals surface area contributed by atoms with E-state index in [0.717, 1.165) is 49.1 Å². The topological polar surface area (TPSA) is 57.7 Å². The first kappa shape index (κ1) is 11.9. The molecule has 1 aliphatic carbocycles. The van der Waals surface area contributed by atoms with Gasteiger partial charge in [0.15, 0.2) is 0 Å². The third kappa shape index (κ3) is 1.88. The Balaban J connectivity index is 1.69. The molecule has 5 nitrogen and oxygen atoms in total. The summed E-state index contributed by atoms with van der Waals surface area (Å²) in [5.74, 6) is 1.70. The van der Waals surface area contributed by atoms with E-state index in [-0.39, 0.29) is 0 Å². The summed E-state index contributed by atoms with van der Waals surface area (Å²) in [4.78, 5) is 11.7. The molecule has 0 saturated carbocycles. The molecule has 1 fully saturated rings. The molecule has 2 aliphatic rings. The van der Waals surface area contributed by atoms with Crippen molar-refractivity contribution < 1.29 is 0 Å². The summed E-state index contributed by atoms with van der Waals surface area (Å²) >= 11 is 0. The lowest BCUT2D eigenvalue weighted by molar-refractivity contribution is 0.434. The molecule has 5 heteroatoms. The first-order chi connectivity index (χ1) is 9.81. The van der Waals surface area contributed by atoms with Crippen molar-refractivity contribution in [3.05, 3.63) is 23.7 Å². The van der Waals surface area contributed by atoms with E-state index < -0.39 is 0 Å². The Hall–Kier alpha value is -1.91. The molecule has 20 heavy (non-hydrogen) atoms. The van der Waals surface area contributed by atoms with Crippen molar-refractivity contribution in [2.45, 2.75) is 32.6 Å². The van der Waals surface area contributed by atoms with Crippen LogP contribution in [0.5, 0.6) is 0 Å². The molecule has 104 valence electrons. The van der Waals surface area contributed by atoms with Crippen LogP contribution in [0.3, 0.4) is 0 Å². The van der Waals surface area contributed by atoms with Gasteiger partial charge in [0.1, 0.15) is 0 Å². The van der Waals surface area contributed by atoms with Gasteiger partial charge in [0.2, 0.25) is 5.95 Å². The van der Waals surface area contributed by atoms with Crippen LogP contribution in [0.15, 0.2) is 12.4 Å². The van der Waals surface area contributed by atoms with Crippen molar-refractivity contribution in [3.8, 4) is 11.3 Å². The van der Waals surface area contributed by atoms with E-state index >= 15 is 0 Å². The number of nitrogens with one attached hydrogen (secondary N) is 1. The van der Waals surface area contributed by atoms with Gasteiger partial charge in [-0.1, -0.05) is 6.92 Å². The number of rotatable bonds is 1. The average Bonchev–Trinajstić information content (AvgIpc) is 2.96. The summed E-state index contributed by atoms with van der Waals surface area (Å²) in [5, 5.41) is 7.24. The van der Waals surface area contributed by atoms with Crippen molar-refractivity contribution in [1.29, 1.82) is 0 Å².